The second-order valence-electron chi connectivity index (χ2n) is 5.08. The van der Waals surface area contributed by atoms with E-state index in [1.165, 1.54) is 18.4 Å². The molecule has 2 heteroatoms. The average Bonchev–Trinajstić information content (AvgIpc) is 2.28. The minimum absolute atomic E-state index is 0.634. The van der Waals surface area contributed by atoms with Crippen LogP contribution in [-0.2, 0) is 0 Å². The minimum Gasteiger partial charge on any atom is -0.316 e. The maximum Gasteiger partial charge on any atom is 0.0175 e. The van der Waals surface area contributed by atoms with Crippen LogP contribution in [0.5, 0.6) is 0 Å². The van der Waals surface area contributed by atoms with Gasteiger partial charge < -0.3 is 5.32 Å². The molecule has 0 aromatic heterocycles. The fourth-order valence-electron chi connectivity index (χ4n) is 2.09. The molecule has 1 unspecified atom stereocenters. The highest BCUT2D eigenvalue weighted by Crippen LogP contribution is 2.24. The quantitative estimate of drug-likeness (QED) is 0.727. The Labute approximate surface area is 114 Å². The van der Waals surface area contributed by atoms with Crippen LogP contribution in [-0.4, -0.2) is 13.1 Å². The van der Waals surface area contributed by atoms with Gasteiger partial charge in [-0.3, -0.25) is 0 Å². The van der Waals surface area contributed by atoms with Crippen molar-refractivity contribution in [1.29, 1.82) is 0 Å². The molecule has 1 nitrogen and oxygen atoms in total. The fourth-order valence-corrected chi connectivity index (χ4v) is 2.36. The van der Waals surface area contributed by atoms with Gasteiger partial charge in [0.2, 0.25) is 0 Å². The van der Waals surface area contributed by atoms with E-state index in [1.54, 1.807) is 0 Å². The van der Waals surface area contributed by atoms with E-state index in [4.69, 9.17) is 0 Å². The lowest BCUT2D eigenvalue weighted by Crippen LogP contribution is -2.23. The molecule has 0 spiro atoms. The van der Waals surface area contributed by atoms with Gasteiger partial charge in [-0.15, -0.1) is 0 Å². The summed E-state index contributed by atoms with van der Waals surface area (Å²) in [5.41, 5.74) is 1.45. The molecule has 0 aliphatic rings. The number of hydrogen-bond acceptors (Lipinski definition) is 1. The molecular weight excluding hydrogens is 274 g/mol. The van der Waals surface area contributed by atoms with Crippen LogP contribution in [0.2, 0.25) is 0 Å². The molecule has 17 heavy (non-hydrogen) atoms. The first-order chi connectivity index (χ1) is 8.13. The zero-order valence-corrected chi connectivity index (χ0v) is 12.8. The molecule has 1 aromatic rings. The summed E-state index contributed by atoms with van der Waals surface area (Å²) < 4.78 is 1.16. The van der Waals surface area contributed by atoms with Gasteiger partial charge in [0.25, 0.3) is 0 Å². The van der Waals surface area contributed by atoms with Gasteiger partial charge in [0.15, 0.2) is 0 Å². The number of hydrogen-bond donors (Lipinski definition) is 1. The molecule has 0 saturated carbocycles. The summed E-state index contributed by atoms with van der Waals surface area (Å²) in [4.78, 5) is 0. The van der Waals surface area contributed by atoms with Gasteiger partial charge in [-0.2, -0.15) is 0 Å². The molecule has 0 radical (unpaired) electrons. The van der Waals surface area contributed by atoms with Crippen molar-refractivity contribution >= 4 is 15.9 Å². The van der Waals surface area contributed by atoms with Gasteiger partial charge in [0.1, 0.15) is 0 Å². The second kappa shape index (κ2) is 7.88. The Morgan fingerprint density at radius 1 is 1.18 bits per heavy atom. The summed E-state index contributed by atoms with van der Waals surface area (Å²) in [6.45, 7) is 9.01. The Kier molecular flexibility index (Phi) is 6.83. The summed E-state index contributed by atoms with van der Waals surface area (Å²) in [5, 5.41) is 3.54. The molecule has 1 atom stereocenters. The molecule has 0 amide bonds. The summed E-state index contributed by atoms with van der Waals surface area (Å²) in [6.07, 6.45) is 2.45. The van der Waals surface area contributed by atoms with Gasteiger partial charge in [-0.05, 0) is 48.9 Å². The monoisotopic (exact) mass is 297 g/mol. The predicted octanol–water partition coefficient (Wildman–Crippen LogP) is 4.58. The number of halogens is 1. The van der Waals surface area contributed by atoms with Gasteiger partial charge in [0.05, 0.1) is 0 Å². The Morgan fingerprint density at radius 2 is 1.82 bits per heavy atom. The predicted molar refractivity (Wildman–Crippen MR) is 79.5 cm³/mol. The van der Waals surface area contributed by atoms with Crippen molar-refractivity contribution in [2.75, 3.05) is 13.1 Å². The summed E-state index contributed by atoms with van der Waals surface area (Å²) in [6, 6.07) is 8.76. The molecule has 1 aromatic carbocycles. The molecular formula is C15H24BrN. The minimum atomic E-state index is 0.634. The van der Waals surface area contributed by atoms with E-state index >= 15 is 0 Å². The van der Waals surface area contributed by atoms with Crippen molar-refractivity contribution in [3.05, 3.63) is 34.3 Å². The van der Waals surface area contributed by atoms with E-state index in [0.29, 0.717) is 5.92 Å². The Hall–Kier alpha value is -0.340. The van der Waals surface area contributed by atoms with E-state index in [1.807, 2.05) is 0 Å². The third-order valence-corrected chi connectivity index (χ3v) is 3.44. The van der Waals surface area contributed by atoms with E-state index in [2.05, 4.69) is 66.3 Å². The van der Waals surface area contributed by atoms with Gasteiger partial charge in [-0.25, -0.2) is 0 Å². The lowest BCUT2D eigenvalue weighted by atomic mass is 9.90. The normalized spacial score (nSPS) is 13.0. The van der Waals surface area contributed by atoms with Crippen molar-refractivity contribution in [1.82, 2.24) is 5.32 Å². The smallest absolute Gasteiger partial charge is 0.0175 e. The standard InChI is InChI=1S/C15H24BrN/c1-4-9-17-11-14(10-12(2)3)13-5-7-15(16)8-6-13/h5-8,12,14,17H,4,9-11H2,1-3H3. The Bertz CT molecular complexity index is 305. The molecule has 0 fully saturated rings. The first kappa shape index (κ1) is 14.7. The van der Waals surface area contributed by atoms with Crippen LogP contribution in [0.25, 0.3) is 0 Å². The number of rotatable bonds is 7. The molecule has 1 N–H and O–H groups in total. The lowest BCUT2D eigenvalue weighted by Gasteiger charge is -2.20. The molecule has 0 bridgehead atoms. The summed E-state index contributed by atoms with van der Waals surface area (Å²) in [5.74, 6) is 1.38. The van der Waals surface area contributed by atoms with Crippen LogP contribution in [0.1, 0.15) is 45.1 Å². The van der Waals surface area contributed by atoms with Crippen molar-refractivity contribution in [3.8, 4) is 0 Å². The van der Waals surface area contributed by atoms with E-state index in [9.17, 15) is 0 Å². The molecule has 96 valence electrons. The fraction of sp³-hybridized carbons (Fsp3) is 0.600. The van der Waals surface area contributed by atoms with E-state index in [-0.39, 0.29) is 0 Å². The molecule has 1 rings (SSSR count). The van der Waals surface area contributed by atoms with Crippen molar-refractivity contribution in [3.63, 3.8) is 0 Å². The topological polar surface area (TPSA) is 12.0 Å². The Balaban J connectivity index is 2.64. The van der Waals surface area contributed by atoms with Crippen LogP contribution >= 0.6 is 15.9 Å². The molecule has 0 aliphatic heterocycles. The maximum atomic E-state index is 3.54. The SMILES string of the molecule is CCCNCC(CC(C)C)c1ccc(Br)cc1. The van der Waals surface area contributed by atoms with Crippen LogP contribution in [0.3, 0.4) is 0 Å². The van der Waals surface area contributed by atoms with Crippen LogP contribution in [0.4, 0.5) is 0 Å². The summed E-state index contributed by atoms with van der Waals surface area (Å²) in [7, 11) is 0. The summed E-state index contributed by atoms with van der Waals surface area (Å²) >= 11 is 3.49. The number of benzene rings is 1. The largest absolute Gasteiger partial charge is 0.316 e. The van der Waals surface area contributed by atoms with Crippen LogP contribution in [0.15, 0.2) is 28.7 Å². The average molecular weight is 298 g/mol. The first-order valence-corrected chi connectivity index (χ1v) is 7.39. The third-order valence-electron chi connectivity index (χ3n) is 2.91. The highest BCUT2D eigenvalue weighted by atomic mass is 79.9. The molecule has 0 aliphatic carbocycles. The highest BCUT2D eigenvalue weighted by Gasteiger charge is 2.12. The maximum absolute atomic E-state index is 3.54. The van der Waals surface area contributed by atoms with Crippen molar-refractivity contribution in [2.24, 2.45) is 5.92 Å². The Morgan fingerprint density at radius 3 is 2.35 bits per heavy atom. The zero-order chi connectivity index (χ0) is 12.7. The van der Waals surface area contributed by atoms with E-state index < -0.39 is 0 Å². The van der Waals surface area contributed by atoms with Gasteiger partial charge >= 0.3 is 0 Å². The van der Waals surface area contributed by atoms with Crippen LogP contribution < -0.4 is 5.32 Å². The number of nitrogens with one attached hydrogen (secondary N) is 1. The van der Waals surface area contributed by atoms with Crippen molar-refractivity contribution in [2.45, 2.75) is 39.5 Å². The first-order valence-electron chi connectivity index (χ1n) is 6.59. The molecule has 0 heterocycles. The van der Waals surface area contributed by atoms with Gasteiger partial charge in [0, 0.05) is 11.0 Å². The third kappa shape index (κ3) is 5.69. The zero-order valence-electron chi connectivity index (χ0n) is 11.2. The second-order valence-corrected chi connectivity index (χ2v) is 6.00. The molecule has 0 saturated heterocycles. The highest BCUT2D eigenvalue weighted by molar-refractivity contribution is 9.10. The van der Waals surface area contributed by atoms with Gasteiger partial charge in [-0.1, -0.05) is 48.8 Å². The van der Waals surface area contributed by atoms with E-state index in [0.717, 1.165) is 23.5 Å². The van der Waals surface area contributed by atoms with Crippen molar-refractivity contribution < 1.29 is 0 Å². The van der Waals surface area contributed by atoms with Crippen LogP contribution in [0, 0.1) is 5.92 Å². The lowest BCUT2D eigenvalue weighted by molar-refractivity contribution is 0.470.